The van der Waals surface area contributed by atoms with Crippen molar-refractivity contribution in [2.75, 3.05) is 0 Å². The zero-order valence-electron chi connectivity index (χ0n) is 69.7. The fourth-order valence-corrected chi connectivity index (χ4v) is 25.6. The minimum Gasteiger partial charge on any atom is -0.0590 e. The molecule has 8 aromatic rings. The van der Waals surface area contributed by atoms with E-state index in [1.54, 1.807) is 72.3 Å². The second-order valence-electron chi connectivity index (χ2n) is 38.7. The molecule has 104 heavy (non-hydrogen) atoms. The predicted molar refractivity (Wildman–Crippen MR) is 449 cm³/mol. The van der Waals surface area contributed by atoms with Crippen LogP contribution in [0.15, 0.2) is 121 Å². The Hall–Kier alpha value is -6.24. The van der Waals surface area contributed by atoms with Gasteiger partial charge in [-0.2, -0.15) is 0 Å². The van der Waals surface area contributed by atoms with Crippen LogP contribution >= 0.6 is 0 Å². The highest BCUT2D eigenvalue weighted by Gasteiger charge is 2.59. The molecule has 6 atom stereocenters. The molecule has 0 aromatic heterocycles. The Balaban J connectivity index is 0.000000124. The van der Waals surface area contributed by atoms with E-state index in [0.29, 0.717) is 21.7 Å². The van der Waals surface area contributed by atoms with Crippen molar-refractivity contribution < 1.29 is 0 Å². The van der Waals surface area contributed by atoms with Gasteiger partial charge in [-0.1, -0.05) is 249 Å². The highest BCUT2D eigenvalue weighted by Crippen LogP contribution is 2.65. The van der Waals surface area contributed by atoms with Crippen LogP contribution in [0.1, 0.15) is 326 Å². The molecule has 6 unspecified atom stereocenters. The molecule has 0 N–H and O–H groups in total. The van der Waals surface area contributed by atoms with Gasteiger partial charge in [-0.25, -0.2) is 0 Å². The molecule has 0 heterocycles. The number of fused-ring (bicyclic) bond motifs is 10. The van der Waals surface area contributed by atoms with Crippen LogP contribution in [-0.2, 0) is 69.0 Å². The largest absolute Gasteiger partial charge is 0.0590 e. The van der Waals surface area contributed by atoms with Crippen molar-refractivity contribution in [3.63, 3.8) is 0 Å². The average molecular weight is 1390 g/mol. The molecule has 2 spiro atoms. The number of hydrogen-bond donors (Lipinski definition) is 0. The number of rotatable bonds is 4. The SMILES string of the molecule is Cc1ccc(C2(C)Cc3c(ccc(C)c3C)C(C)(C)C2)c(C)c1C.Cc1ccc(C2(C)Cc3cc(C)ccc3C(C)(C)C2)c(C)c1.Cc1ccc(C23CCCCC2C2(CCCCC2)c2ccc(C)c(C)c2C3)c(C)c1C.Cc1ccc(C23CCCCC2C2(CCCCC2)c2ccc(C)cc2C3)c(C)c1. The van der Waals surface area contributed by atoms with Crippen molar-refractivity contribution in [1.82, 2.24) is 0 Å². The Bertz CT molecular complexity index is 4530. The first-order valence-corrected chi connectivity index (χ1v) is 41.9. The minimum absolute atomic E-state index is 0.206. The maximum atomic E-state index is 2.56. The average Bonchev–Trinajstić information content (AvgIpc) is 0.703. The maximum absolute atomic E-state index is 2.56. The molecule has 8 aliphatic carbocycles. The number of aryl methyl sites for hydroxylation is 10. The van der Waals surface area contributed by atoms with E-state index in [1.165, 1.54) is 225 Å². The minimum atomic E-state index is 0.206. The second kappa shape index (κ2) is 28.7. The molecule has 16 rings (SSSR count). The first-order chi connectivity index (χ1) is 49.2. The summed E-state index contributed by atoms with van der Waals surface area (Å²) in [5.74, 6) is 1.64. The van der Waals surface area contributed by atoms with Crippen molar-refractivity contribution in [2.45, 2.75) is 350 Å². The zero-order chi connectivity index (χ0) is 74.4. The molecule has 552 valence electrons. The third kappa shape index (κ3) is 13.4. The standard InChI is InChI=1S/C30H40.C28H36.C24H32.C22H28/c1-20-12-14-26(24(5)22(20)3)30-18-10-7-11-28(30)29(16-8-6-9-17-29)27-15-13-21(2)23(4)25(27)19-30;1-20-10-12-24(22(3)17-20)28-16-8-5-9-26(28)27(14-6-4-7-15-27)25-13-11-21(2)18-23(25)19-28;1-15-9-11-21(19(5)17(15)3)24(8)13-20-18(4)16(2)10-12-22(20)23(6,7)14-24;1-15-7-9-19(17(3)11-15)22(6)13-18-12-16(2)8-10-20(18)21(4,5)14-22/h12-15,28H,6-11,16-19H2,1-5H3;10-13,17-18,26H,4-9,14-16,19H2,1-3H3;9-12H,13-14H2,1-8H3;7-12H,13-14H2,1-6H3. The molecule has 0 radical (unpaired) electrons. The summed E-state index contributed by atoms with van der Waals surface area (Å²) in [6.45, 7) is 51.3. The fourth-order valence-electron chi connectivity index (χ4n) is 25.6. The van der Waals surface area contributed by atoms with E-state index in [0.717, 1.165) is 24.7 Å². The molecule has 4 fully saturated rings. The lowest BCUT2D eigenvalue weighted by Gasteiger charge is -2.60. The molecule has 0 nitrogen and oxygen atoms in total. The van der Waals surface area contributed by atoms with Gasteiger partial charge in [-0.3, -0.25) is 0 Å². The van der Waals surface area contributed by atoms with Crippen LogP contribution < -0.4 is 0 Å². The number of hydrogen-bond acceptors (Lipinski definition) is 0. The van der Waals surface area contributed by atoms with E-state index in [2.05, 4.69) is 274 Å². The Morgan fingerprint density at radius 2 is 0.587 bits per heavy atom. The third-order valence-electron chi connectivity index (χ3n) is 30.7. The van der Waals surface area contributed by atoms with Crippen LogP contribution in [0.25, 0.3) is 0 Å². The maximum Gasteiger partial charge on any atom is 0.00330 e. The first kappa shape index (κ1) is 76.0. The lowest BCUT2D eigenvalue weighted by atomic mass is 9.43. The third-order valence-corrected chi connectivity index (χ3v) is 30.7. The lowest BCUT2D eigenvalue weighted by molar-refractivity contribution is 0.0476. The van der Waals surface area contributed by atoms with Crippen LogP contribution in [0.4, 0.5) is 0 Å². The van der Waals surface area contributed by atoms with E-state index in [9.17, 15) is 0 Å². The van der Waals surface area contributed by atoms with Crippen molar-refractivity contribution in [3.05, 3.63) is 277 Å². The van der Waals surface area contributed by atoms with Crippen molar-refractivity contribution in [2.24, 2.45) is 11.8 Å². The second-order valence-corrected chi connectivity index (χ2v) is 38.7. The molecule has 4 saturated carbocycles. The van der Waals surface area contributed by atoms with Gasteiger partial charge in [-0.05, 0) is 379 Å². The van der Waals surface area contributed by atoms with E-state index in [-0.39, 0.29) is 21.7 Å². The highest BCUT2D eigenvalue weighted by molar-refractivity contribution is 5.57. The number of benzene rings is 8. The smallest absolute Gasteiger partial charge is 0.00330 e. The summed E-state index contributed by atoms with van der Waals surface area (Å²) in [5, 5.41) is 0. The summed E-state index contributed by atoms with van der Waals surface area (Å²) in [5.41, 5.74) is 45.5. The van der Waals surface area contributed by atoms with Gasteiger partial charge in [0.2, 0.25) is 0 Å². The summed E-state index contributed by atoms with van der Waals surface area (Å²) in [7, 11) is 0. The Kier molecular flexibility index (Phi) is 21.0. The monoisotopic (exact) mass is 1390 g/mol. The van der Waals surface area contributed by atoms with E-state index in [4.69, 9.17) is 0 Å². The van der Waals surface area contributed by atoms with E-state index < -0.39 is 0 Å². The Morgan fingerprint density at radius 1 is 0.240 bits per heavy atom. The summed E-state index contributed by atoms with van der Waals surface area (Å²) < 4.78 is 0. The van der Waals surface area contributed by atoms with E-state index in [1.807, 2.05) is 0 Å². The first-order valence-electron chi connectivity index (χ1n) is 41.9. The molecule has 0 amide bonds. The van der Waals surface area contributed by atoms with Gasteiger partial charge in [0.15, 0.2) is 0 Å². The molecular weight excluding hydrogens is 1250 g/mol. The van der Waals surface area contributed by atoms with Crippen LogP contribution in [0, 0.1) is 123 Å². The van der Waals surface area contributed by atoms with Crippen molar-refractivity contribution in [3.8, 4) is 0 Å². The summed E-state index contributed by atoms with van der Waals surface area (Å²) in [6.07, 6.45) is 32.8. The zero-order valence-corrected chi connectivity index (χ0v) is 69.7. The molecular formula is C104H136. The van der Waals surface area contributed by atoms with Gasteiger partial charge < -0.3 is 0 Å². The summed E-state index contributed by atoms with van der Waals surface area (Å²) in [6, 6.07) is 48.1. The molecule has 0 heteroatoms. The van der Waals surface area contributed by atoms with Gasteiger partial charge in [0.05, 0.1) is 0 Å². The fraction of sp³-hybridized carbons (Fsp3) is 0.538. The van der Waals surface area contributed by atoms with Crippen LogP contribution in [-0.4, -0.2) is 0 Å². The normalized spacial score (nSPS) is 25.7. The summed E-state index contributed by atoms with van der Waals surface area (Å²) >= 11 is 0. The van der Waals surface area contributed by atoms with E-state index >= 15 is 0 Å². The lowest BCUT2D eigenvalue weighted by Crippen LogP contribution is -2.56. The van der Waals surface area contributed by atoms with Crippen LogP contribution in [0.3, 0.4) is 0 Å². The van der Waals surface area contributed by atoms with Gasteiger partial charge in [0.1, 0.15) is 0 Å². The quantitative estimate of drug-likeness (QED) is 0.165. The van der Waals surface area contributed by atoms with Gasteiger partial charge >= 0.3 is 0 Å². The molecule has 0 saturated heterocycles. The van der Waals surface area contributed by atoms with Gasteiger partial charge in [-0.15, -0.1) is 0 Å². The predicted octanol–water partition coefficient (Wildman–Crippen LogP) is 27.8. The topological polar surface area (TPSA) is 0 Å². The van der Waals surface area contributed by atoms with Crippen LogP contribution in [0.5, 0.6) is 0 Å². The van der Waals surface area contributed by atoms with Crippen molar-refractivity contribution >= 4 is 0 Å². The Morgan fingerprint density at radius 3 is 1.10 bits per heavy atom. The molecule has 8 aliphatic rings. The highest BCUT2D eigenvalue weighted by atomic mass is 14.6. The molecule has 8 aromatic carbocycles. The van der Waals surface area contributed by atoms with Gasteiger partial charge in [0, 0.05) is 10.8 Å². The van der Waals surface area contributed by atoms with Crippen molar-refractivity contribution in [1.29, 1.82) is 0 Å². The summed E-state index contributed by atoms with van der Waals surface area (Å²) in [4.78, 5) is 0. The molecule has 0 aliphatic heterocycles. The Labute approximate surface area is 634 Å². The van der Waals surface area contributed by atoms with Gasteiger partial charge in [0.25, 0.3) is 0 Å². The molecule has 0 bridgehead atoms. The van der Waals surface area contributed by atoms with Crippen LogP contribution in [0.2, 0.25) is 0 Å².